The van der Waals surface area contributed by atoms with Crippen molar-refractivity contribution < 1.29 is 9.90 Å². The molecule has 0 amide bonds. The Kier molecular flexibility index (Phi) is 4.58. The number of rotatable bonds is 4. The number of hydrogen-bond acceptors (Lipinski definition) is 4. The van der Waals surface area contributed by atoms with E-state index in [1.54, 1.807) is 11.0 Å². The second-order valence-corrected chi connectivity index (χ2v) is 6.45. The molecule has 5 nitrogen and oxygen atoms in total. The molecule has 2 aromatic rings. The Bertz CT molecular complexity index is 659. The van der Waals surface area contributed by atoms with Crippen LogP contribution in [0.2, 0.25) is 0 Å². The van der Waals surface area contributed by atoms with Gasteiger partial charge in [0.1, 0.15) is 12.7 Å². The van der Waals surface area contributed by atoms with Crippen molar-refractivity contribution >= 4 is 23.3 Å². The number of thioether (sulfide) groups is 1. The fourth-order valence-electron chi connectivity index (χ4n) is 2.54. The average molecular weight is 315 g/mol. The minimum absolute atomic E-state index is 0.363. The van der Waals surface area contributed by atoms with Gasteiger partial charge < -0.3 is 5.11 Å². The highest BCUT2D eigenvalue weighted by Crippen LogP contribution is 2.27. The van der Waals surface area contributed by atoms with Crippen molar-refractivity contribution in [1.82, 2.24) is 14.8 Å². The van der Waals surface area contributed by atoms with Gasteiger partial charge in [-0.1, -0.05) is 18.2 Å². The number of aromatic nitrogens is 3. The van der Waals surface area contributed by atoms with Gasteiger partial charge in [0.25, 0.3) is 0 Å². The average Bonchev–Trinajstić information content (AvgIpc) is 3.08. The molecule has 1 aliphatic heterocycles. The predicted octanol–water partition coefficient (Wildman–Crippen LogP) is 2.88. The number of carbonyl (C=O) groups is 1. The molecule has 0 aliphatic carbocycles. The van der Waals surface area contributed by atoms with Gasteiger partial charge in [-0.25, -0.2) is 14.5 Å². The molecular weight excluding hydrogens is 298 g/mol. The van der Waals surface area contributed by atoms with Crippen LogP contribution in [0.25, 0.3) is 11.3 Å². The van der Waals surface area contributed by atoms with Gasteiger partial charge in [0, 0.05) is 0 Å². The molecule has 0 atom stereocenters. The SMILES string of the molecule is O=C(O)/C(=C/C1CCSCC1)c1ccc(-n2cncn2)cc1. The van der Waals surface area contributed by atoms with Gasteiger partial charge in [-0.05, 0) is 48.0 Å². The Hall–Kier alpha value is -2.08. The van der Waals surface area contributed by atoms with Crippen molar-refractivity contribution in [2.24, 2.45) is 5.92 Å². The number of benzene rings is 1. The summed E-state index contributed by atoms with van der Waals surface area (Å²) in [6, 6.07) is 7.37. The Morgan fingerprint density at radius 2 is 2.00 bits per heavy atom. The second kappa shape index (κ2) is 6.79. The molecule has 1 saturated heterocycles. The lowest BCUT2D eigenvalue weighted by Gasteiger charge is -2.18. The van der Waals surface area contributed by atoms with E-state index in [0.717, 1.165) is 35.6 Å². The first-order valence-corrected chi connectivity index (χ1v) is 8.38. The Balaban J connectivity index is 1.85. The van der Waals surface area contributed by atoms with Crippen LogP contribution in [0, 0.1) is 5.92 Å². The van der Waals surface area contributed by atoms with E-state index in [1.165, 1.54) is 6.33 Å². The number of aliphatic carboxylic acids is 1. The second-order valence-electron chi connectivity index (χ2n) is 5.22. The van der Waals surface area contributed by atoms with Crippen LogP contribution in [0.1, 0.15) is 18.4 Å². The van der Waals surface area contributed by atoms with Gasteiger partial charge in [-0.3, -0.25) is 0 Å². The highest BCUT2D eigenvalue weighted by molar-refractivity contribution is 7.99. The van der Waals surface area contributed by atoms with E-state index in [2.05, 4.69) is 10.1 Å². The lowest BCUT2D eigenvalue weighted by molar-refractivity contribution is -0.130. The van der Waals surface area contributed by atoms with E-state index in [-0.39, 0.29) is 0 Å². The summed E-state index contributed by atoms with van der Waals surface area (Å²) in [7, 11) is 0. The van der Waals surface area contributed by atoms with Crippen LogP contribution in [0.3, 0.4) is 0 Å². The number of nitrogens with zero attached hydrogens (tertiary/aromatic N) is 3. The molecule has 22 heavy (non-hydrogen) atoms. The summed E-state index contributed by atoms with van der Waals surface area (Å²) in [6.45, 7) is 0. The molecule has 1 aromatic carbocycles. The van der Waals surface area contributed by atoms with E-state index in [0.29, 0.717) is 11.5 Å². The molecule has 114 valence electrons. The highest BCUT2D eigenvalue weighted by atomic mass is 32.2. The van der Waals surface area contributed by atoms with Crippen LogP contribution in [0.4, 0.5) is 0 Å². The van der Waals surface area contributed by atoms with Crippen molar-refractivity contribution in [2.45, 2.75) is 12.8 Å². The normalized spacial score (nSPS) is 16.6. The molecule has 1 fully saturated rings. The molecule has 1 aliphatic rings. The maximum atomic E-state index is 11.6. The number of carboxylic acid groups (broad SMARTS) is 1. The van der Waals surface area contributed by atoms with E-state index < -0.39 is 5.97 Å². The van der Waals surface area contributed by atoms with Crippen molar-refractivity contribution in [2.75, 3.05) is 11.5 Å². The third-order valence-electron chi connectivity index (χ3n) is 3.76. The van der Waals surface area contributed by atoms with E-state index in [4.69, 9.17) is 0 Å². The fourth-order valence-corrected chi connectivity index (χ4v) is 3.69. The fraction of sp³-hybridized carbons (Fsp3) is 0.312. The minimum Gasteiger partial charge on any atom is -0.478 e. The van der Waals surface area contributed by atoms with Crippen molar-refractivity contribution in [3.8, 4) is 5.69 Å². The molecule has 1 aromatic heterocycles. The Morgan fingerprint density at radius 1 is 1.27 bits per heavy atom. The van der Waals surface area contributed by atoms with E-state index in [1.807, 2.05) is 42.1 Å². The molecular formula is C16H17N3O2S. The highest BCUT2D eigenvalue weighted by Gasteiger charge is 2.17. The van der Waals surface area contributed by atoms with Crippen LogP contribution in [-0.4, -0.2) is 37.3 Å². The van der Waals surface area contributed by atoms with Gasteiger partial charge in [-0.2, -0.15) is 16.9 Å². The summed E-state index contributed by atoms with van der Waals surface area (Å²) in [5, 5.41) is 13.6. The molecule has 2 heterocycles. The quantitative estimate of drug-likeness (QED) is 0.879. The van der Waals surface area contributed by atoms with Crippen molar-refractivity contribution in [3.05, 3.63) is 48.6 Å². The van der Waals surface area contributed by atoms with Gasteiger partial charge in [0.05, 0.1) is 11.3 Å². The maximum Gasteiger partial charge on any atom is 0.335 e. The zero-order valence-electron chi connectivity index (χ0n) is 12.1. The molecule has 0 radical (unpaired) electrons. The Labute approximate surface area is 133 Å². The van der Waals surface area contributed by atoms with Crippen LogP contribution >= 0.6 is 11.8 Å². The monoisotopic (exact) mass is 315 g/mol. The third-order valence-corrected chi connectivity index (χ3v) is 4.81. The van der Waals surface area contributed by atoms with Crippen molar-refractivity contribution in [1.29, 1.82) is 0 Å². The van der Waals surface area contributed by atoms with E-state index >= 15 is 0 Å². The maximum absolute atomic E-state index is 11.6. The van der Waals surface area contributed by atoms with Gasteiger partial charge in [0.2, 0.25) is 0 Å². The number of carboxylic acids is 1. The van der Waals surface area contributed by atoms with Gasteiger partial charge in [0.15, 0.2) is 0 Å². The third kappa shape index (κ3) is 3.39. The van der Waals surface area contributed by atoms with Gasteiger partial charge >= 0.3 is 5.97 Å². The van der Waals surface area contributed by atoms with E-state index in [9.17, 15) is 9.90 Å². The largest absolute Gasteiger partial charge is 0.478 e. The molecule has 3 rings (SSSR count). The summed E-state index contributed by atoms with van der Waals surface area (Å²) in [6.07, 6.45) is 7.11. The molecule has 0 saturated carbocycles. The summed E-state index contributed by atoms with van der Waals surface area (Å²) < 4.78 is 1.65. The van der Waals surface area contributed by atoms with Crippen LogP contribution < -0.4 is 0 Å². The Morgan fingerprint density at radius 3 is 2.59 bits per heavy atom. The summed E-state index contributed by atoms with van der Waals surface area (Å²) >= 11 is 1.94. The zero-order chi connectivity index (χ0) is 15.4. The molecule has 0 spiro atoms. The van der Waals surface area contributed by atoms with Crippen LogP contribution in [-0.2, 0) is 4.79 Å². The van der Waals surface area contributed by atoms with Crippen LogP contribution in [0.15, 0.2) is 43.0 Å². The molecule has 6 heteroatoms. The number of allylic oxidation sites excluding steroid dienone is 1. The molecule has 1 N–H and O–H groups in total. The zero-order valence-corrected chi connectivity index (χ0v) is 12.9. The lowest BCUT2D eigenvalue weighted by Crippen LogP contribution is -2.10. The first-order valence-electron chi connectivity index (χ1n) is 7.22. The molecule has 0 unspecified atom stereocenters. The summed E-state index contributed by atoms with van der Waals surface area (Å²) in [5.74, 6) is 1.72. The molecule has 0 bridgehead atoms. The summed E-state index contributed by atoms with van der Waals surface area (Å²) in [4.78, 5) is 15.5. The topological polar surface area (TPSA) is 68.0 Å². The minimum atomic E-state index is -0.869. The van der Waals surface area contributed by atoms with Crippen molar-refractivity contribution in [3.63, 3.8) is 0 Å². The van der Waals surface area contributed by atoms with Crippen LogP contribution in [0.5, 0.6) is 0 Å². The summed E-state index contributed by atoms with van der Waals surface area (Å²) in [5.41, 5.74) is 1.98. The first kappa shape index (κ1) is 14.8. The predicted molar refractivity (Wildman–Crippen MR) is 87.0 cm³/mol. The first-order chi connectivity index (χ1) is 10.7. The smallest absolute Gasteiger partial charge is 0.335 e. The number of hydrogen-bond donors (Lipinski definition) is 1. The lowest BCUT2D eigenvalue weighted by atomic mass is 9.96. The standard InChI is InChI=1S/C16H17N3O2S/c20-16(21)15(9-12-5-7-22-8-6-12)13-1-3-14(4-2-13)19-11-17-10-18-19/h1-4,9-12H,5-8H2,(H,20,21)/b15-9+. The van der Waals surface area contributed by atoms with Gasteiger partial charge in [-0.15, -0.1) is 0 Å².